The molecule has 3 aliphatic rings. The highest BCUT2D eigenvalue weighted by Crippen LogP contribution is 2.22. The number of carbonyl (C=O) groups is 1. The van der Waals surface area contributed by atoms with Crippen molar-refractivity contribution >= 4 is 5.91 Å². The molecule has 2 atom stereocenters. The quantitative estimate of drug-likeness (QED) is 0.806. The van der Waals surface area contributed by atoms with Crippen LogP contribution in [-0.4, -0.2) is 62.9 Å². The largest absolute Gasteiger partial charge is 0.381 e. The van der Waals surface area contributed by atoms with E-state index < -0.39 is 0 Å². The van der Waals surface area contributed by atoms with Gasteiger partial charge in [-0.3, -0.25) is 9.69 Å². The number of likely N-dealkylation sites (tertiary alicyclic amines) is 1. The van der Waals surface area contributed by atoms with Crippen LogP contribution in [0.5, 0.6) is 0 Å². The molecule has 0 aromatic carbocycles. The second-order valence-electron chi connectivity index (χ2n) is 7.02. The minimum atomic E-state index is 0.0929. The van der Waals surface area contributed by atoms with E-state index in [4.69, 9.17) is 9.47 Å². The van der Waals surface area contributed by atoms with Crippen LogP contribution in [0.3, 0.4) is 0 Å². The van der Waals surface area contributed by atoms with E-state index in [1.54, 1.807) is 0 Å². The molecule has 0 aromatic heterocycles. The zero-order valence-corrected chi connectivity index (χ0v) is 13.6. The van der Waals surface area contributed by atoms with Crippen molar-refractivity contribution in [1.82, 2.24) is 10.2 Å². The van der Waals surface area contributed by atoms with Gasteiger partial charge in [-0.2, -0.15) is 0 Å². The maximum Gasteiger partial charge on any atom is 0.237 e. The molecular weight excluding hydrogens is 280 g/mol. The van der Waals surface area contributed by atoms with Gasteiger partial charge in [0.15, 0.2) is 0 Å². The molecule has 0 aliphatic carbocycles. The summed E-state index contributed by atoms with van der Waals surface area (Å²) in [6, 6.07) is 0.0929. The van der Waals surface area contributed by atoms with Gasteiger partial charge < -0.3 is 14.8 Å². The number of rotatable bonds is 6. The third-order valence-electron chi connectivity index (χ3n) is 5.38. The van der Waals surface area contributed by atoms with Crippen LogP contribution in [0.15, 0.2) is 0 Å². The number of carbonyl (C=O) groups excluding carboxylic acids is 1. The van der Waals surface area contributed by atoms with Gasteiger partial charge in [-0.1, -0.05) is 0 Å². The molecule has 2 unspecified atom stereocenters. The van der Waals surface area contributed by atoms with Gasteiger partial charge in [0.1, 0.15) is 0 Å². The van der Waals surface area contributed by atoms with Crippen molar-refractivity contribution in [3.63, 3.8) is 0 Å². The van der Waals surface area contributed by atoms with Crippen molar-refractivity contribution in [2.75, 3.05) is 46.1 Å². The number of nitrogens with zero attached hydrogens (tertiary/aromatic N) is 1. The van der Waals surface area contributed by atoms with E-state index in [1.165, 1.54) is 0 Å². The predicted molar refractivity (Wildman–Crippen MR) is 84.7 cm³/mol. The van der Waals surface area contributed by atoms with E-state index >= 15 is 0 Å². The van der Waals surface area contributed by atoms with Crippen LogP contribution in [-0.2, 0) is 14.3 Å². The van der Waals surface area contributed by atoms with Crippen molar-refractivity contribution in [2.24, 2.45) is 11.8 Å². The molecule has 3 fully saturated rings. The maximum absolute atomic E-state index is 12.5. The molecule has 1 amide bonds. The number of amides is 1. The normalized spacial score (nSPS) is 30.7. The van der Waals surface area contributed by atoms with Crippen molar-refractivity contribution in [1.29, 1.82) is 0 Å². The van der Waals surface area contributed by atoms with Crippen molar-refractivity contribution in [3.8, 4) is 0 Å². The first kappa shape index (κ1) is 16.2. The standard InChI is InChI=1S/C17H30N2O3/c20-17(18-7-3-14-4-9-21-10-5-14)16-2-1-8-19(16)12-15-6-11-22-13-15/h14-16H,1-13H2,(H,18,20). The molecule has 3 saturated heterocycles. The molecule has 5 heteroatoms. The van der Waals surface area contributed by atoms with E-state index in [0.29, 0.717) is 5.92 Å². The van der Waals surface area contributed by atoms with Crippen LogP contribution in [0, 0.1) is 11.8 Å². The predicted octanol–water partition coefficient (Wildman–Crippen LogP) is 1.42. The third kappa shape index (κ3) is 4.43. The third-order valence-corrected chi connectivity index (χ3v) is 5.38. The lowest BCUT2D eigenvalue weighted by molar-refractivity contribution is -0.125. The van der Waals surface area contributed by atoms with Crippen LogP contribution >= 0.6 is 0 Å². The average Bonchev–Trinajstić information content (AvgIpc) is 3.20. The monoisotopic (exact) mass is 310 g/mol. The number of nitrogens with one attached hydrogen (secondary N) is 1. The van der Waals surface area contributed by atoms with Crippen LogP contribution in [0.4, 0.5) is 0 Å². The highest BCUT2D eigenvalue weighted by atomic mass is 16.5. The van der Waals surface area contributed by atoms with Gasteiger partial charge in [0, 0.05) is 32.9 Å². The molecule has 0 saturated carbocycles. The summed E-state index contributed by atoms with van der Waals surface area (Å²) < 4.78 is 10.8. The van der Waals surface area contributed by atoms with Crippen LogP contribution in [0.1, 0.15) is 38.5 Å². The zero-order valence-electron chi connectivity index (χ0n) is 13.6. The Labute approximate surface area is 133 Å². The topological polar surface area (TPSA) is 50.8 Å². The summed E-state index contributed by atoms with van der Waals surface area (Å²) in [5.74, 6) is 1.59. The highest BCUT2D eigenvalue weighted by Gasteiger charge is 2.32. The Morgan fingerprint density at radius 2 is 1.82 bits per heavy atom. The van der Waals surface area contributed by atoms with Crippen LogP contribution < -0.4 is 5.32 Å². The van der Waals surface area contributed by atoms with Gasteiger partial charge in [0.25, 0.3) is 0 Å². The lowest BCUT2D eigenvalue weighted by atomic mass is 9.96. The smallest absolute Gasteiger partial charge is 0.237 e. The Hall–Kier alpha value is -0.650. The van der Waals surface area contributed by atoms with Crippen molar-refractivity contribution in [2.45, 2.75) is 44.6 Å². The molecule has 0 bridgehead atoms. The first-order valence-electron chi connectivity index (χ1n) is 9.00. The molecule has 0 radical (unpaired) electrons. The Kier molecular flexibility index (Phi) is 6.10. The molecule has 0 spiro atoms. The van der Waals surface area contributed by atoms with Gasteiger partial charge in [-0.15, -0.1) is 0 Å². The Balaban J connectivity index is 1.38. The first-order valence-corrected chi connectivity index (χ1v) is 9.00. The van der Waals surface area contributed by atoms with E-state index in [2.05, 4.69) is 10.2 Å². The fourth-order valence-corrected chi connectivity index (χ4v) is 3.95. The maximum atomic E-state index is 12.5. The summed E-state index contributed by atoms with van der Waals surface area (Å²) >= 11 is 0. The van der Waals surface area contributed by atoms with Crippen molar-refractivity contribution < 1.29 is 14.3 Å². The summed E-state index contributed by atoms with van der Waals surface area (Å²) in [4.78, 5) is 14.8. The first-order chi connectivity index (χ1) is 10.8. The van der Waals surface area contributed by atoms with Crippen molar-refractivity contribution in [3.05, 3.63) is 0 Å². The fraction of sp³-hybridized carbons (Fsp3) is 0.941. The van der Waals surface area contributed by atoms with E-state index in [9.17, 15) is 4.79 Å². The number of ether oxygens (including phenoxy) is 2. The molecular formula is C17H30N2O3. The Morgan fingerprint density at radius 3 is 2.59 bits per heavy atom. The Morgan fingerprint density at radius 1 is 1.05 bits per heavy atom. The highest BCUT2D eigenvalue weighted by molar-refractivity contribution is 5.82. The molecule has 3 aliphatic heterocycles. The second kappa shape index (κ2) is 8.27. The van der Waals surface area contributed by atoms with Crippen LogP contribution in [0.2, 0.25) is 0 Å². The summed E-state index contributed by atoms with van der Waals surface area (Å²) in [6.45, 7) is 6.44. The molecule has 1 N–H and O–H groups in total. The lowest BCUT2D eigenvalue weighted by Crippen LogP contribution is -2.45. The molecule has 126 valence electrons. The van der Waals surface area contributed by atoms with E-state index in [-0.39, 0.29) is 11.9 Å². The van der Waals surface area contributed by atoms with Gasteiger partial charge in [0.2, 0.25) is 5.91 Å². The van der Waals surface area contributed by atoms with Gasteiger partial charge >= 0.3 is 0 Å². The molecule has 3 heterocycles. The van der Waals surface area contributed by atoms with Gasteiger partial charge in [0.05, 0.1) is 12.6 Å². The SMILES string of the molecule is O=C(NCCC1CCOCC1)C1CCCN1CC1CCOC1. The minimum absolute atomic E-state index is 0.0929. The molecule has 0 aromatic rings. The second-order valence-corrected chi connectivity index (χ2v) is 7.02. The summed E-state index contributed by atoms with van der Waals surface area (Å²) in [7, 11) is 0. The summed E-state index contributed by atoms with van der Waals surface area (Å²) in [5, 5.41) is 3.17. The van der Waals surface area contributed by atoms with Gasteiger partial charge in [-0.25, -0.2) is 0 Å². The van der Waals surface area contributed by atoms with E-state index in [0.717, 1.165) is 90.5 Å². The minimum Gasteiger partial charge on any atom is -0.381 e. The number of hydrogen-bond acceptors (Lipinski definition) is 4. The Bertz CT molecular complexity index is 352. The molecule has 5 nitrogen and oxygen atoms in total. The molecule has 22 heavy (non-hydrogen) atoms. The van der Waals surface area contributed by atoms with Crippen LogP contribution in [0.25, 0.3) is 0 Å². The molecule has 3 rings (SSSR count). The van der Waals surface area contributed by atoms with Gasteiger partial charge in [-0.05, 0) is 56.9 Å². The average molecular weight is 310 g/mol. The fourth-order valence-electron chi connectivity index (χ4n) is 3.95. The zero-order chi connectivity index (χ0) is 15.2. The lowest BCUT2D eigenvalue weighted by Gasteiger charge is -2.26. The number of hydrogen-bond donors (Lipinski definition) is 1. The summed E-state index contributed by atoms with van der Waals surface area (Å²) in [6.07, 6.45) is 6.69. The van der Waals surface area contributed by atoms with E-state index in [1.807, 2.05) is 0 Å². The summed E-state index contributed by atoms with van der Waals surface area (Å²) in [5.41, 5.74) is 0.